The fourth-order valence-electron chi connectivity index (χ4n) is 2.52. The van der Waals surface area contributed by atoms with Crippen molar-refractivity contribution >= 4 is 11.9 Å². The Morgan fingerprint density at radius 2 is 2.04 bits per heavy atom. The molecule has 2 N–H and O–H groups in total. The van der Waals surface area contributed by atoms with Gasteiger partial charge in [0.15, 0.2) is 29.3 Å². The van der Waals surface area contributed by atoms with E-state index in [1.54, 1.807) is 25.1 Å². The molecule has 1 aliphatic rings. The van der Waals surface area contributed by atoms with Crippen molar-refractivity contribution in [3.63, 3.8) is 0 Å². The molecule has 1 atom stereocenters. The van der Waals surface area contributed by atoms with Crippen molar-refractivity contribution in [2.75, 3.05) is 19.8 Å². The lowest BCUT2D eigenvalue weighted by molar-refractivity contribution is -0.137. The minimum atomic E-state index is -0.903. The van der Waals surface area contributed by atoms with E-state index in [1.807, 2.05) is 0 Å². The van der Waals surface area contributed by atoms with Crippen LogP contribution in [0.4, 0.5) is 0 Å². The zero-order valence-electron chi connectivity index (χ0n) is 13.7. The second-order valence-corrected chi connectivity index (χ2v) is 5.80. The number of nitrogens with zero attached hydrogens (tertiary/aromatic N) is 1. The maximum Gasteiger partial charge on any atom is 0.303 e. The van der Waals surface area contributed by atoms with E-state index in [4.69, 9.17) is 19.0 Å². The number of benzene rings is 1. The van der Waals surface area contributed by atoms with E-state index in [2.05, 4.69) is 10.3 Å². The van der Waals surface area contributed by atoms with Gasteiger partial charge in [0, 0.05) is 18.5 Å². The van der Waals surface area contributed by atoms with Crippen molar-refractivity contribution in [3.8, 4) is 22.8 Å². The summed E-state index contributed by atoms with van der Waals surface area (Å²) in [5.74, 6) is 0.0343. The van der Waals surface area contributed by atoms with Gasteiger partial charge in [-0.3, -0.25) is 9.59 Å². The number of carbonyl (C=O) groups excluding carboxylic acids is 1. The maximum atomic E-state index is 12.3. The molecule has 0 fully saturated rings. The van der Waals surface area contributed by atoms with Crippen molar-refractivity contribution in [3.05, 3.63) is 30.3 Å². The molecule has 0 spiro atoms. The Hall–Kier alpha value is -3.03. The topological polar surface area (TPSA) is 111 Å². The molecule has 1 aliphatic heterocycles. The number of aliphatic carboxylic acids is 1. The standard InChI is InChI=1S/C17H18N2O6/c1-10(6-14(20)21)8-18-17(22)15-16(25-9-19-15)11-2-3-12-13(7-11)24-5-4-23-12/h2-3,7,9-10H,4-6,8H2,1H3,(H,18,22)(H,20,21). The molecule has 25 heavy (non-hydrogen) atoms. The van der Waals surface area contributed by atoms with E-state index in [0.29, 0.717) is 36.0 Å². The van der Waals surface area contributed by atoms with E-state index in [0.717, 1.165) is 0 Å². The average molecular weight is 346 g/mol. The Morgan fingerprint density at radius 1 is 1.28 bits per heavy atom. The van der Waals surface area contributed by atoms with Crippen LogP contribution in [0.1, 0.15) is 23.8 Å². The van der Waals surface area contributed by atoms with Crippen LogP contribution >= 0.6 is 0 Å². The minimum absolute atomic E-state index is 0.0197. The zero-order valence-corrected chi connectivity index (χ0v) is 13.7. The first-order valence-corrected chi connectivity index (χ1v) is 7.88. The number of nitrogens with one attached hydrogen (secondary N) is 1. The van der Waals surface area contributed by atoms with Gasteiger partial charge in [0.25, 0.3) is 5.91 Å². The fourth-order valence-corrected chi connectivity index (χ4v) is 2.52. The molecule has 3 rings (SSSR count). The molecule has 0 saturated carbocycles. The van der Waals surface area contributed by atoms with Gasteiger partial charge in [-0.15, -0.1) is 0 Å². The number of carbonyl (C=O) groups is 2. The van der Waals surface area contributed by atoms with Crippen LogP contribution in [0.3, 0.4) is 0 Å². The quantitative estimate of drug-likeness (QED) is 0.822. The van der Waals surface area contributed by atoms with Gasteiger partial charge in [0.1, 0.15) is 13.2 Å². The summed E-state index contributed by atoms with van der Waals surface area (Å²) in [4.78, 5) is 27.0. The predicted molar refractivity (Wildman–Crippen MR) is 86.7 cm³/mol. The molecule has 8 heteroatoms. The first-order chi connectivity index (χ1) is 12.0. The largest absolute Gasteiger partial charge is 0.486 e. The molecule has 0 saturated heterocycles. The summed E-state index contributed by atoms with van der Waals surface area (Å²) in [6.45, 7) is 2.94. The third-order valence-corrected chi connectivity index (χ3v) is 3.72. The molecular weight excluding hydrogens is 328 g/mol. The molecule has 0 aliphatic carbocycles. The van der Waals surface area contributed by atoms with Crippen LogP contribution in [0.5, 0.6) is 11.5 Å². The molecule has 1 aromatic heterocycles. The maximum absolute atomic E-state index is 12.3. The van der Waals surface area contributed by atoms with Crippen LogP contribution in [-0.4, -0.2) is 41.7 Å². The first-order valence-electron chi connectivity index (χ1n) is 7.88. The van der Waals surface area contributed by atoms with Gasteiger partial charge >= 0.3 is 5.97 Å². The summed E-state index contributed by atoms with van der Waals surface area (Å²) in [6, 6.07) is 5.25. The smallest absolute Gasteiger partial charge is 0.303 e. The third kappa shape index (κ3) is 3.90. The second kappa shape index (κ2) is 7.25. The monoisotopic (exact) mass is 346 g/mol. The van der Waals surface area contributed by atoms with Gasteiger partial charge in [0.2, 0.25) is 0 Å². The van der Waals surface area contributed by atoms with Crippen molar-refractivity contribution in [1.29, 1.82) is 0 Å². The number of amides is 1. The lowest BCUT2D eigenvalue weighted by Crippen LogP contribution is -2.29. The number of ether oxygens (including phenoxy) is 2. The fraction of sp³-hybridized carbons (Fsp3) is 0.353. The van der Waals surface area contributed by atoms with Crippen molar-refractivity contribution < 1.29 is 28.6 Å². The summed E-state index contributed by atoms with van der Waals surface area (Å²) in [5, 5.41) is 11.4. The molecular formula is C17H18N2O6. The van der Waals surface area contributed by atoms with Crippen LogP contribution < -0.4 is 14.8 Å². The van der Waals surface area contributed by atoms with E-state index >= 15 is 0 Å². The van der Waals surface area contributed by atoms with Crippen molar-refractivity contribution in [2.45, 2.75) is 13.3 Å². The van der Waals surface area contributed by atoms with E-state index in [-0.39, 0.29) is 24.6 Å². The molecule has 1 aromatic carbocycles. The first kappa shape index (κ1) is 16.8. The zero-order chi connectivity index (χ0) is 17.8. The Morgan fingerprint density at radius 3 is 2.80 bits per heavy atom. The average Bonchev–Trinajstić information content (AvgIpc) is 3.08. The van der Waals surface area contributed by atoms with Crippen LogP contribution in [0.2, 0.25) is 0 Å². The Bertz CT molecular complexity index is 785. The van der Waals surface area contributed by atoms with Gasteiger partial charge in [-0.05, 0) is 24.1 Å². The highest BCUT2D eigenvalue weighted by Crippen LogP contribution is 2.35. The van der Waals surface area contributed by atoms with Gasteiger partial charge < -0.3 is 24.3 Å². The Balaban J connectivity index is 1.74. The Labute approximate surface area is 143 Å². The van der Waals surface area contributed by atoms with Crippen LogP contribution in [0, 0.1) is 5.92 Å². The molecule has 0 radical (unpaired) electrons. The van der Waals surface area contributed by atoms with Gasteiger partial charge in [-0.1, -0.05) is 6.92 Å². The molecule has 1 amide bonds. The van der Waals surface area contributed by atoms with Crippen LogP contribution in [0.15, 0.2) is 29.0 Å². The number of carboxylic acids is 1. The summed E-state index contributed by atoms with van der Waals surface area (Å²) in [7, 11) is 0. The number of aromatic nitrogens is 1. The van der Waals surface area contributed by atoms with Gasteiger partial charge in [0.05, 0.1) is 0 Å². The summed E-state index contributed by atoms with van der Waals surface area (Å²) >= 11 is 0. The molecule has 2 heterocycles. The highest BCUT2D eigenvalue weighted by Gasteiger charge is 2.21. The minimum Gasteiger partial charge on any atom is -0.486 e. The highest BCUT2D eigenvalue weighted by molar-refractivity contribution is 5.97. The molecule has 132 valence electrons. The lowest BCUT2D eigenvalue weighted by atomic mass is 10.1. The molecule has 2 aromatic rings. The van der Waals surface area contributed by atoms with Crippen molar-refractivity contribution in [2.24, 2.45) is 5.92 Å². The molecule has 8 nitrogen and oxygen atoms in total. The number of oxazole rings is 1. The van der Waals surface area contributed by atoms with E-state index < -0.39 is 11.9 Å². The van der Waals surface area contributed by atoms with E-state index in [1.165, 1.54) is 6.39 Å². The molecule has 1 unspecified atom stereocenters. The highest BCUT2D eigenvalue weighted by atomic mass is 16.6. The number of hydrogen-bond acceptors (Lipinski definition) is 6. The Kier molecular flexibility index (Phi) is 4.87. The lowest BCUT2D eigenvalue weighted by Gasteiger charge is -2.18. The van der Waals surface area contributed by atoms with Crippen LogP contribution in [0.25, 0.3) is 11.3 Å². The molecule has 0 bridgehead atoms. The number of hydrogen-bond donors (Lipinski definition) is 2. The number of rotatable bonds is 6. The summed E-state index contributed by atoms with van der Waals surface area (Å²) in [6.07, 6.45) is 1.18. The number of fused-ring (bicyclic) bond motifs is 1. The number of carboxylic acid groups (broad SMARTS) is 1. The normalized spacial score (nSPS) is 14.0. The van der Waals surface area contributed by atoms with Crippen LogP contribution in [-0.2, 0) is 4.79 Å². The van der Waals surface area contributed by atoms with E-state index in [9.17, 15) is 9.59 Å². The van der Waals surface area contributed by atoms with Crippen molar-refractivity contribution in [1.82, 2.24) is 10.3 Å². The van der Waals surface area contributed by atoms with Gasteiger partial charge in [-0.25, -0.2) is 4.98 Å². The predicted octanol–water partition coefficient (Wildman–Crippen LogP) is 1.95. The third-order valence-electron chi connectivity index (χ3n) is 3.72. The second-order valence-electron chi connectivity index (χ2n) is 5.80. The SMILES string of the molecule is CC(CNC(=O)c1ncoc1-c1ccc2c(c1)OCCO2)CC(=O)O. The summed E-state index contributed by atoms with van der Waals surface area (Å²) < 4.78 is 16.4. The van der Waals surface area contributed by atoms with Gasteiger partial charge in [-0.2, -0.15) is 0 Å². The summed E-state index contributed by atoms with van der Waals surface area (Å²) in [5.41, 5.74) is 0.782.